The molecular formula is C21H31FIN5O. The molecule has 0 amide bonds. The van der Waals surface area contributed by atoms with Gasteiger partial charge in [-0.1, -0.05) is 26.0 Å². The summed E-state index contributed by atoms with van der Waals surface area (Å²) >= 11 is 0. The number of aliphatic imine (C=N–C) groups is 1. The van der Waals surface area contributed by atoms with Crippen LogP contribution in [-0.4, -0.2) is 53.2 Å². The van der Waals surface area contributed by atoms with E-state index in [-0.39, 0.29) is 41.6 Å². The Labute approximate surface area is 189 Å². The molecule has 3 atom stereocenters. The number of para-hydroxylation sites is 1. The van der Waals surface area contributed by atoms with Crippen LogP contribution < -0.4 is 10.1 Å². The van der Waals surface area contributed by atoms with Crippen molar-refractivity contribution in [2.24, 2.45) is 10.9 Å². The summed E-state index contributed by atoms with van der Waals surface area (Å²) in [6.45, 7) is 6.72. The van der Waals surface area contributed by atoms with E-state index in [2.05, 4.69) is 31.7 Å². The first-order valence-electron chi connectivity index (χ1n) is 9.96. The molecule has 8 heteroatoms. The van der Waals surface area contributed by atoms with E-state index in [1.807, 2.05) is 25.6 Å². The number of likely N-dealkylation sites (tertiary alicyclic amines) is 1. The van der Waals surface area contributed by atoms with E-state index in [0.29, 0.717) is 18.5 Å². The van der Waals surface area contributed by atoms with E-state index >= 15 is 0 Å². The van der Waals surface area contributed by atoms with Crippen LogP contribution in [0.5, 0.6) is 5.75 Å². The summed E-state index contributed by atoms with van der Waals surface area (Å²) < 4.78 is 21.9. The minimum atomic E-state index is -0.335. The molecule has 1 aliphatic rings. The van der Waals surface area contributed by atoms with Gasteiger partial charge in [-0.15, -0.1) is 24.0 Å². The summed E-state index contributed by atoms with van der Waals surface area (Å²) in [5.41, 5.74) is 0. The van der Waals surface area contributed by atoms with Gasteiger partial charge < -0.3 is 19.5 Å². The van der Waals surface area contributed by atoms with Crippen molar-refractivity contribution in [2.45, 2.75) is 38.8 Å². The monoisotopic (exact) mass is 515 g/mol. The quantitative estimate of drug-likeness (QED) is 0.360. The molecule has 1 fully saturated rings. The largest absolute Gasteiger partial charge is 0.486 e. The highest BCUT2D eigenvalue weighted by atomic mass is 127. The van der Waals surface area contributed by atoms with E-state index in [0.717, 1.165) is 31.9 Å². The zero-order chi connectivity index (χ0) is 19.9. The van der Waals surface area contributed by atoms with Crippen molar-refractivity contribution in [3.05, 3.63) is 48.8 Å². The van der Waals surface area contributed by atoms with Gasteiger partial charge in [0.25, 0.3) is 0 Å². The first kappa shape index (κ1) is 23.4. The highest BCUT2D eigenvalue weighted by molar-refractivity contribution is 14.0. The third-order valence-electron chi connectivity index (χ3n) is 5.41. The van der Waals surface area contributed by atoms with Crippen LogP contribution in [0.1, 0.15) is 32.7 Å². The number of hydrogen-bond acceptors (Lipinski definition) is 3. The molecule has 2 aromatic rings. The molecule has 1 aromatic carbocycles. The number of halogens is 2. The number of rotatable bonds is 6. The smallest absolute Gasteiger partial charge is 0.193 e. The average molecular weight is 515 g/mol. The number of benzene rings is 1. The molecule has 29 heavy (non-hydrogen) atoms. The maximum Gasteiger partial charge on any atom is 0.193 e. The molecular weight excluding hydrogens is 484 g/mol. The van der Waals surface area contributed by atoms with Gasteiger partial charge in [0.2, 0.25) is 0 Å². The number of hydrogen-bond donors (Lipinski definition) is 1. The Balaban J connectivity index is 0.00000300. The van der Waals surface area contributed by atoms with Gasteiger partial charge in [-0.05, 0) is 30.9 Å². The SMILES string of the molecule is CCC(CNC(=NC)N1CCC(C)C(n2ccnc2)C1)Oc1ccccc1F.I. The lowest BCUT2D eigenvalue weighted by atomic mass is 9.93. The Morgan fingerprint density at radius 1 is 1.41 bits per heavy atom. The molecule has 3 rings (SSSR count). The van der Waals surface area contributed by atoms with Gasteiger partial charge >= 0.3 is 0 Å². The van der Waals surface area contributed by atoms with Crippen LogP contribution >= 0.6 is 24.0 Å². The summed E-state index contributed by atoms with van der Waals surface area (Å²) in [6, 6.07) is 6.89. The highest BCUT2D eigenvalue weighted by Gasteiger charge is 2.29. The number of nitrogens with one attached hydrogen (secondary N) is 1. The highest BCUT2D eigenvalue weighted by Crippen LogP contribution is 2.27. The second kappa shape index (κ2) is 11.4. The van der Waals surface area contributed by atoms with Crippen molar-refractivity contribution in [2.75, 3.05) is 26.7 Å². The Hall–Kier alpha value is -1.84. The van der Waals surface area contributed by atoms with Gasteiger partial charge in [0, 0.05) is 32.5 Å². The number of ether oxygens (including phenoxy) is 1. The maximum absolute atomic E-state index is 13.9. The lowest BCUT2D eigenvalue weighted by Gasteiger charge is -2.39. The van der Waals surface area contributed by atoms with Crippen molar-refractivity contribution in [3.8, 4) is 5.75 Å². The average Bonchev–Trinajstić information content (AvgIpc) is 3.24. The predicted molar refractivity (Wildman–Crippen MR) is 125 cm³/mol. The molecule has 0 bridgehead atoms. The lowest BCUT2D eigenvalue weighted by Crippen LogP contribution is -2.50. The van der Waals surface area contributed by atoms with Gasteiger partial charge in [0.1, 0.15) is 6.10 Å². The maximum atomic E-state index is 13.9. The first-order valence-corrected chi connectivity index (χ1v) is 9.96. The summed E-state index contributed by atoms with van der Waals surface area (Å²) in [6.07, 6.45) is 7.46. The minimum absolute atomic E-state index is 0. The molecule has 1 aliphatic heterocycles. The van der Waals surface area contributed by atoms with Crippen molar-refractivity contribution in [1.82, 2.24) is 19.8 Å². The number of guanidine groups is 1. The summed E-state index contributed by atoms with van der Waals surface area (Å²) in [4.78, 5) is 10.9. The van der Waals surface area contributed by atoms with Crippen LogP contribution in [0.3, 0.4) is 0 Å². The fourth-order valence-electron chi connectivity index (χ4n) is 3.62. The standard InChI is InChI=1S/C21H30FN5O.HI/c1-4-17(28-20-8-6-5-7-18(20)22)13-25-21(23-3)26-11-9-16(2)19(14-26)27-12-10-24-15-27;/h5-8,10,12,15-17,19H,4,9,11,13-14H2,1-3H3,(H,23,25);1H. The molecule has 0 aliphatic carbocycles. The normalized spacial score (nSPS) is 20.7. The third-order valence-corrected chi connectivity index (χ3v) is 5.41. The molecule has 1 N–H and O–H groups in total. The van der Waals surface area contributed by atoms with Crippen LogP contribution in [0.25, 0.3) is 0 Å². The lowest BCUT2D eigenvalue weighted by molar-refractivity contribution is 0.176. The molecule has 6 nitrogen and oxygen atoms in total. The molecule has 1 aromatic heterocycles. The van der Waals surface area contributed by atoms with E-state index in [9.17, 15) is 4.39 Å². The molecule has 160 valence electrons. The summed E-state index contributed by atoms with van der Waals surface area (Å²) in [7, 11) is 1.80. The van der Waals surface area contributed by atoms with Gasteiger partial charge in [-0.25, -0.2) is 9.37 Å². The van der Waals surface area contributed by atoms with Gasteiger partial charge in [0.05, 0.1) is 18.9 Å². The summed E-state index contributed by atoms with van der Waals surface area (Å²) in [5.74, 6) is 1.39. The second-order valence-corrected chi connectivity index (χ2v) is 7.30. The van der Waals surface area contributed by atoms with Crippen LogP contribution in [-0.2, 0) is 0 Å². The van der Waals surface area contributed by atoms with Crippen molar-refractivity contribution in [3.63, 3.8) is 0 Å². The Morgan fingerprint density at radius 2 is 2.21 bits per heavy atom. The third kappa shape index (κ3) is 6.07. The zero-order valence-corrected chi connectivity index (χ0v) is 19.6. The Bertz CT molecular complexity index is 770. The molecule has 0 saturated carbocycles. The Kier molecular flexibility index (Phi) is 9.19. The topological polar surface area (TPSA) is 54.7 Å². The Morgan fingerprint density at radius 3 is 2.86 bits per heavy atom. The summed E-state index contributed by atoms with van der Waals surface area (Å²) in [5, 5.41) is 3.41. The first-order chi connectivity index (χ1) is 13.6. The molecule has 0 radical (unpaired) electrons. The van der Waals surface area contributed by atoms with Gasteiger partial charge in [-0.3, -0.25) is 4.99 Å². The minimum Gasteiger partial charge on any atom is -0.486 e. The fourth-order valence-corrected chi connectivity index (χ4v) is 3.62. The number of nitrogens with zero attached hydrogens (tertiary/aromatic N) is 4. The number of piperidine rings is 1. The van der Waals surface area contributed by atoms with Crippen molar-refractivity contribution in [1.29, 1.82) is 0 Å². The van der Waals surface area contributed by atoms with Crippen LogP contribution in [0.15, 0.2) is 48.0 Å². The molecule has 2 heterocycles. The van der Waals surface area contributed by atoms with Crippen LogP contribution in [0.4, 0.5) is 4.39 Å². The second-order valence-electron chi connectivity index (χ2n) is 7.30. The van der Waals surface area contributed by atoms with Gasteiger partial charge in [0.15, 0.2) is 17.5 Å². The van der Waals surface area contributed by atoms with E-state index in [1.165, 1.54) is 6.07 Å². The molecule has 3 unspecified atom stereocenters. The van der Waals surface area contributed by atoms with Crippen LogP contribution in [0.2, 0.25) is 0 Å². The van der Waals surface area contributed by atoms with E-state index in [4.69, 9.17) is 4.74 Å². The zero-order valence-electron chi connectivity index (χ0n) is 17.3. The fraction of sp³-hybridized carbons (Fsp3) is 0.524. The van der Waals surface area contributed by atoms with Crippen LogP contribution in [0, 0.1) is 11.7 Å². The van der Waals surface area contributed by atoms with Crippen molar-refractivity contribution < 1.29 is 9.13 Å². The molecule has 1 saturated heterocycles. The van der Waals surface area contributed by atoms with Crippen molar-refractivity contribution >= 4 is 29.9 Å². The van der Waals surface area contributed by atoms with E-state index < -0.39 is 0 Å². The molecule has 0 spiro atoms. The van der Waals surface area contributed by atoms with Gasteiger partial charge in [-0.2, -0.15) is 0 Å². The number of aromatic nitrogens is 2. The van der Waals surface area contributed by atoms with E-state index in [1.54, 1.807) is 25.2 Å². The predicted octanol–water partition coefficient (Wildman–Crippen LogP) is 3.96. The number of imidazole rings is 1.